The second-order valence-electron chi connectivity index (χ2n) is 8.17. The van der Waals surface area contributed by atoms with E-state index in [4.69, 9.17) is 9.72 Å². The van der Waals surface area contributed by atoms with Crippen molar-refractivity contribution >= 4 is 11.5 Å². The van der Waals surface area contributed by atoms with Gasteiger partial charge in [0.2, 0.25) is 0 Å². The summed E-state index contributed by atoms with van der Waals surface area (Å²) >= 11 is 0. The maximum absolute atomic E-state index is 13.4. The molecule has 0 bridgehead atoms. The normalized spacial score (nSPS) is 15.4. The Kier molecular flexibility index (Phi) is 6.39. The number of hydrogen-bond acceptors (Lipinski definition) is 5. The molecular formula is C23H27F3N4O2. The van der Waals surface area contributed by atoms with E-state index in [-0.39, 0.29) is 18.1 Å². The molecule has 1 aliphatic heterocycles. The highest BCUT2D eigenvalue weighted by atomic mass is 19.4. The van der Waals surface area contributed by atoms with Crippen molar-refractivity contribution in [2.75, 3.05) is 31.7 Å². The van der Waals surface area contributed by atoms with Gasteiger partial charge in [-0.3, -0.25) is 0 Å². The van der Waals surface area contributed by atoms with Crippen LogP contribution < -0.4 is 5.32 Å². The van der Waals surface area contributed by atoms with Gasteiger partial charge in [0.15, 0.2) is 5.65 Å². The summed E-state index contributed by atoms with van der Waals surface area (Å²) in [5.41, 5.74) is 3.25. The number of halogens is 3. The third kappa shape index (κ3) is 4.45. The van der Waals surface area contributed by atoms with Gasteiger partial charge in [0.25, 0.3) is 0 Å². The van der Waals surface area contributed by atoms with E-state index >= 15 is 0 Å². The summed E-state index contributed by atoms with van der Waals surface area (Å²) in [5, 5.41) is 17.1. The van der Waals surface area contributed by atoms with Crippen molar-refractivity contribution in [1.29, 1.82) is 0 Å². The maximum Gasteiger partial charge on any atom is 0.416 e. The van der Waals surface area contributed by atoms with Crippen LogP contribution in [0.15, 0.2) is 24.3 Å². The topological polar surface area (TPSA) is 71.7 Å². The number of aromatic nitrogens is 3. The molecule has 4 rings (SSSR count). The molecule has 3 aromatic rings. The number of benzene rings is 1. The zero-order valence-electron chi connectivity index (χ0n) is 18.2. The van der Waals surface area contributed by atoms with Crippen molar-refractivity contribution in [3.63, 3.8) is 0 Å². The molecule has 0 atom stereocenters. The van der Waals surface area contributed by atoms with Crippen LogP contribution in [0.3, 0.4) is 0 Å². The van der Waals surface area contributed by atoms with Crippen LogP contribution in [0.5, 0.6) is 0 Å². The number of alkyl halides is 3. The maximum atomic E-state index is 13.4. The van der Waals surface area contributed by atoms with Crippen molar-refractivity contribution in [2.45, 2.75) is 45.2 Å². The number of nitrogens with zero attached hydrogens (tertiary/aromatic N) is 3. The summed E-state index contributed by atoms with van der Waals surface area (Å²) < 4.78 is 47.4. The molecule has 2 N–H and O–H groups in total. The summed E-state index contributed by atoms with van der Waals surface area (Å²) in [5.74, 6) is 0.947. The van der Waals surface area contributed by atoms with Gasteiger partial charge in [-0.15, -0.1) is 0 Å². The number of nitrogens with one attached hydrogen (secondary N) is 1. The minimum absolute atomic E-state index is 0.0348. The summed E-state index contributed by atoms with van der Waals surface area (Å²) in [7, 11) is 0. The molecule has 1 aromatic carbocycles. The lowest BCUT2D eigenvalue weighted by Crippen LogP contribution is -2.17. The molecular weight excluding hydrogens is 421 g/mol. The first kappa shape index (κ1) is 22.5. The molecule has 32 heavy (non-hydrogen) atoms. The zero-order chi connectivity index (χ0) is 22.9. The molecule has 2 aromatic heterocycles. The highest BCUT2D eigenvalue weighted by Crippen LogP contribution is 2.35. The van der Waals surface area contributed by atoms with Crippen molar-refractivity contribution in [2.24, 2.45) is 0 Å². The summed E-state index contributed by atoms with van der Waals surface area (Å²) in [6.07, 6.45) is -2.38. The van der Waals surface area contributed by atoms with E-state index in [1.54, 1.807) is 10.6 Å². The molecule has 172 valence electrons. The fourth-order valence-electron chi connectivity index (χ4n) is 4.28. The molecule has 0 amide bonds. The quantitative estimate of drug-likeness (QED) is 0.590. The Labute approximate surface area is 184 Å². The number of aliphatic hydroxyl groups excluding tert-OH is 1. The van der Waals surface area contributed by atoms with Crippen LogP contribution in [0.25, 0.3) is 5.65 Å². The third-order valence-electron chi connectivity index (χ3n) is 6.08. The number of fused-ring (bicyclic) bond motifs is 1. The van der Waals surface area contributed by atoms with E-state index in [1.807, 2.05) is 13.0 Å². The van der Waals surface area contributed by atoms with E-state index in [9.17, 15) is 18.3 Å². The van der Waals surface area contributed by atoms with Crippen LogP contribution in [-0.2, 0) is 17.3 Å². The molecule has 1 fully saturated rings. The molecule has 1 saturated heterocycles. The lowest BCUT2D eigenvalue weighted by Gasteiger charge is -2.22. The Morgan fingerprint density at radius 3 is 2.66 bits per heavy atom. The lowest BCUT2D eigenvalue weighted by molar-refractivity contribution is -0.138. The van der Waals surface area contributed by atoms with Crippen LogP contribution in [0.2, 0.25) is 0 Å². The smallest absolute Gasteiger partial charge is 0.395 e. The molecule has 0 radical (unpaired) electrons. The number of hydrogen-bond donors (Lipinski definition) is 2. The molecule has 6 nitrogen and oxygen atoms in total. The van der Waals surface area contributed by atoms with Crippen molar-refractivity contribution in [3.8, 4) is 0 Å². The summed E-state index contributed by atoms with van der Waals surface area (Å²) in [4.78, 5) is 4.91. The average molecular weight is 448 g/mol. The molecule has 0 unspecified atom stereocenters. The van der Waals surface area contributed by atoms with E-state index in [0.717, 1.165) is 30.2 Å². The Balaban J connectivity index is 1.80. The molecule has 3 heterocycles. The van der Waals surface area contributed by atoms with Crippen LogP contribution in [0.1, 0.15) is 52.4 Å². The van der Waals surface area contributed by atoms with E-state index in [1.165, 1.54) is 13.0 Å². The molecule has 0 saturated carbocycles. The van der Waals surface area contributed by atoms with Crippen LogP contribution in [0.4, 0.5) is 19.0 Å². The summed E-state index contributed by atoms with van der Waals surface area (Å²) in [6.45, 7) is 5.02. The predicted molar refractivity (Wildman–Crippen MR) is 115 cm³/mol. The lowest BCUT2D eigenvalue weighted by atomic mass is 9.95. The monoisotopic (exact) mass is 448 g/mol. The van der Waals surface area contributed by atoms with Gasteiger partial charge >= 0.3 is 6.18 Å². The number of anilines is 1. The number of ether oxygens (including phenoxy) is 1. The van der Waals surface area contributed by atoms with Crippen molar-refractivity contribution in [1.82, 2.24) is 14.6 Å². The standard InChI is InChI=1S/C23H27F3N4O2/c1-14-17(4-3-5-19(14)23(24,25)26)12-18-15(2)29-30-21(27-8-9-31)13-20(28-22(18)30)16-6-10-32-11-7-16/h3-5,13,16,27,31H,6-12H2,1-2H3. The van der Waals surface area contributed by atoms with E-state index < -0.39 is 11.7 Å². The average Bonchev–Trinajstić information content (AvgIpc) is 3.08. The van der Waals surface area contributed by atoms with Crippen LogP contribution in [0, 0.1) is 13.8 Å². The second kappa shape index (κ2) is 9.07. The minimum Gasteiger partial charge on any atom is -0.395 e. The Morgan fingerprint density at radius 1 is 1.22 bits per heavy atom. The van der Waals surface area contributed by atoms with Gasteiger partial charge in [0.1, 0.15) is 5.82 Å². The third-order valence-corrected chi connectivity index (χ3v) is 6.08. The molecule has 9 heteroatoms. The van der Waals surface area contributed by atoms with Crippen LogP contribution in [-0.4, -0.2) is 46.1 Å². The fraction of sp³-hybridized carbons (Fsp3) is 0.478. The second-order valence-corrected chi connectivity index (χ2v) is 8.17. The van der Waals surface area contributed by atoms with E-state index in [2.05, 4.69) is 10.4 Å². The van der Waals surface area contributed by atoms with Gasteiger partial charge in [0, 0.05) is 49.4 Å². The highest BCUT2D eigenvalue weighted by molar-refractivity contribution is 5.59. The van der Waals surface area contributed by atoms with Gasteiger partial charge in [-0.25, -0.2) is 4.98 Å². The minimum atomic E-state index is -4.40. The highest BCUT2D eigenvalue weighted by Gasteiger charge is 2.33. The summed E-state index contributed by atoms with van der Waals surface area (Å²) in [6, 6.07) is 6.23. The van der Waals surface area contributed by atoms with Gasteiger partial charge < -0.3 is 15.2 Å². The number of rotatable bonds is 6. The van der Waals surface area contributed by atoms with Gasteiger partial charge in [-0.05, 0) is 43.9 Å². The SMILES string of the molecule is Cc1nn2c(NCCO)cc(C3CCOCC3)nc2c1Cc1cccc(C(F)(F)F)c1C. The number of aryl methyl sites for hydroxylation is 1. The predicted octanol–water partition coefficient (Wildman–Crippen LogP) is 4.25. The van der Waals surface area contributed by atoms with Gasteiger partial charge in [0.05, 0.1) is 17.9 Å². The van der Waals surface area contributed by atoms with Gasteiger partial charge in [-0.2, -0.15) is 22.8 Å². The Bertz CT molecular complexity index is 1100. The van der Waals surface area contributed by atoms with E-state index in [0.29, 0.717) is 48.9 Å². The molecule has 1 aliphatic rings. The molecule has 0 aliphatic carbocycles. The van der Waals surface area contributed by atoms with Crippen molar-refractivity contribution in [3.05, 3.63) is 57.9 Å². The first-order chi connectivity index (χ1) is 15.3. The molecule has 0 spiro atoms. The zero-order valence-corrected chi connectivity index (χ0v) is 18.2. The fourth-order valence-corrected chi connectivity index (χ4v) is 4.28. The number of aliphatic hydroxyl groups is 1. The Morgan fingerprint density at radius 2 is 1.97 bits per heavy atom. The van der Waals surface area contributed by atoms with Crippen LogP contribution >= 0.6 is 0 Å². The van der Waals surface area contributed by atoms with Gasteiger partial charge in [-0.1, -0.05) is 12.1 Å². The largest absolute Gasteiger partial charge is 0.416 e. The Hall–Kier alpha value is -2.65. The first-order valence-electron chi connectivity index (χ1n) is 10.8. The first-order valence-corrected chi connectivity index (χ1v) is 10.8. The van der Waals surface area contributed by atoms with Crippen molar-refractivity contribution < 1.29 is 23.0 Å².